The van der Waals surface area contributed by atoms with Crippen molar-refractivity contribution < 1.29 is 10.0 Å². The van der Waals surface area contributed by atoms with Crippen LogP contribution in [-0.2, 0) is 12.8 Å². The normalized spacial score (nSPS) is 13.8. The van der Waals surface area contributed by atoms with E-state index in [1.54, 1.807) is 18.2 Å². The summed E-state index contributed by atoms with van der Waals surface area (Å²) in [5.41, 5.74) is 2.65. The highest BCUT2D eigenvalue weighted by Crippen LogP contribution is 2.43. The Hall–Kier alpha value is -2.07. The first-order valence-electron chi connectivity index (χ1n) is 6.86. The molecule has 108 valence electrons. The van der Waals surface area contributed by atoms with E-state index in [4.69, 9.17) is 11.6 Å². The van der Waals surface area contributed by atoms with Crippen LogP contribution in [0.25, 0.3) is 11.1 Å². The van der Waals surface area contributed by atoms with Crippen molar-refractivity contribution in [1.29, 1.82) is 0 Å². The number of fused-ring (bicyclic) bond motifs is 1. The van der Waals surface area contributed by atoms with Crippen LogP contribution < -0.4 is 0 Å². The van der Waals surface area contributed by atoms with Gasteiger partial charge in [-0.1, -0.05) is 29.8 Å². The Labute approximate surface area is 127 Å². The standard InChI is InChI=1S/C16H14ClNO3/c17-13-6-3-7-14(18(20)21)15(13)12-9-8-10-4-1-2-5-11(10)16(12)19/h3,6-9,19H,1-2,4-5H2. The van der Waals surface area contributed by atoms with Gasteiger partial charge >= 0.3 is 0 Å². The number of aryl methyl sites for hydroxylation is 1. The summed E-state index contributed by atoms with van der Waals surface area (Å²) in [5.74, 6) is 0.128. The highest BCUT2D eigenvalue weighted by molar-refractivity contribution is 6.34. The Morgan fingerprint density at radius 1 is 1.14 bits per heavy atom. The molecular formula is C16H14ClNO3. The Balaban J connectivity index is 2.25. The summed E-state index contributed by atoms with van der Waals surface area (Å²) in [7, 11) is 0. The minimum atomic E-state index is -0.472. The number of phenols is 1. The largest absolute Gasteiger partial charge is 0.507 e. The molecule has 0 aromatic heterocycles. The zero-order chi connectivity index (χ0) is 15.0. The van der Waals surface area contributed by atoms with Gasteiger partial charge < -0.3 is 5.11 Å². The lowest BCUT2D eigenvalue weighted by atomic mass is 9.87. The van der Waals surface area contributed by atoms with Crippen LogP contribution >= 0.6 is 11.6 Å². The van der Waals surface area contributed by atoms with E-state index in [0.717, 1.165) is 36.8 Å². The molecule has 0 radical (unpaired) electrons. The van der Waals surface area contributed by atoms with Gasteiger partial charge in [-0.3, -0.25) is 10.1 Å². The van der Waals surface area contributed by atoms with E-state index in [9.17, 15) is 15.2 Å². The van der Waals surface area contributed by atoms with E-state index < -0.39 is 4.92 Å². The number of hydrogen-bond acceptors (Lipinski definition) is 3. The minimum absolute atomic E-state index is 0.0893. The van der Waals surface area contributed by atoms with Crippen molar-refractivity contribution in [3.05, 3.63) is 56.6 Å². The molecule has 0 spiro atoms. The zero-order valence-corrected chi connectivity index (χ0v) is 12.1. The fourth-order valence-corrected chi connectivity index (χ4v) is 3.21. The van der Waals surface area contributed by atoms with Crippen molar-refractivity contribution in [2.24, 2.45) is 0 Å². The van der Waals surface area contributed by atoms with Crippen molar-refractivity contribution in [3.8, 4) is 16.9 Å². The molecule has 0 atom stereocenters. The van der Waals surface area contributed by atoms with Crippen LogP contribution in [0.5, 0.6) is 5.75 Å². The molecule has 0 heterocycles. The lowest BCUT2D eigenvalue weighted by Gasteiger charge is -2.19. The number of halogens is 1. The second-order valence-electron chi connectivity index (χ2n) is 5.20. The molecule has 1 aliphatic carbocycles. The Kier molecular flexibility index (Phi) is 3.55. The Morgan fingerprint density at radius 2 is 1.90 bits per heavy atom. The van der Waals surface area contributed by atoms with Crippen LogP contribution in [0, 0.1) is 10.1 Å². The summed E-state index contributed by atoms with van der Waals surface area (Å²) >= 11 is 6.15. The van der Waals surface area contributed by atoms with Crippen molar-refractivity contribution in [3.63, 3.8) is 0 Å². The first-order chi connectivity index (χ1) is 10.1. The lowest BCUT2D eigenvalue weighted by Crippen LogP contribution is -2.03. The molecule has 0 bridgehead atoms. The van der Waals surface area contributed by atoms with Crippen molar-refractivity contribution >= 4 is 17.3 Å². The maximum atomic E-state index is 11.2. The molecule has 0 unspecified atom stereocenters. The van der Waals surface area contributed by atoms with Gasteiger partial charge in [0, 0.05) is 11.6 Å². The summed E-state index contributed by atoms with van der Waals surface area (Å²) in [6.07, 6.45) is 3.87. The van der Waals surface area contributed by atoms with E-state index in [1.807, 2.05) is 6.07 Å². The topological polar surface area (TPSA) is 63.4 Å². The van der Waals surface area contributed by atoms with Crippen LogP contribution in [0.2, 0.25) is 5.02 Å². The Bertz CT molecular complexity index is 728. The summed E-state index contributed by atoms with van der Waals surface area (Å²) in [4.78, 5) is 10.7. The molecule has 21 heavy (non-hydrogen) atoms. The van der Waals surface area contributed by atoms with Crippen LogP contribution in [0.3, 0.4) is 0 Å². The first kappa shape index (κ1) is 13.9. The number of rotatable bonds is 2. The number of phenolic OH excluding ortho intramolecular Hbond substituents is 1. The quantitative estimate of drug-likeness (QED) is 0.656. The number of nitro groups is 1. The first-order valence-corrected chi connectivity index (χ1v) is 7.24. The van der Waals surface area contributed by atoms with Gasteiger partial charge in [-0.25, -0.2) is 0 Å². The smallest absolute Gasteiger partial charge is 0.278 e. The van der Waals surface area contributed by atoms with Crippen molar-refractivity contribution in [2.75, 3.05) is 0 Å². The molecule has 1 N–H and O–H groups in total. The molecule has 0 fully saturated rings. The molecule has 0 saturated heterocycles. The molecule has 1 aliphatic rings. The van der Waals surface area contributed by atoms with Crippen LogP contribution in [0.1, 0.15) is 24.0 Å². The predicted molar refractivity (Wildman–Crippen MR) is 81.8 cm³/mol. The fraction of sp³-hybridized carbons (Fsp3) is 0.250. The van der Waals surface area contributed by atoms with Crippen LogP contribution in [0.4, 0.5) is 5.69 Å². The number of hydrogen-bond donors (Lipinski definition) is 1. The van der Waals surface area contributed by atoms with E-state index in [-0.39, 0.29) is 22.0 Å². The molecule has 0 aliphatic heterocycles. The van der Waals surface area contributed by atoms with Gasteiger partial charge in [-0.05, 0) is 42.9 Å². The lowest BCUT2D eigenvalue weighted by molar-refractivity contribution is -0.384. The average Bonchev–Trinajstić information content (AvgIpc) is 2.48. The fourth-order valence-electron chi connectivity index (χ4n) is 2.94. The summed E-state index contributed by atoms with van der Waals surface area (Å²) < 4.78 is 0. The van der Waals surface area contributed by atoms with E-state index in [0.29, 0.717) is 5.56 Å². The summed E-state index contributed by atoms with van der Waals surface area (Å²) in [6.45, 7) is 0. The van der Waals surface area contributed by atoms with Gasteiger partial charge in [0.15, 0.2) is 0 Å². The van der Waals surface area contributed by atoms with Gasteiger partial charge in [-0.2, -0.15) is 0 Å². The van der Waals surface area contributed by atoms with Gasteiger partial charge in [0.1, 0.15) is 5.75 Å². The second-order valence-corrected chi connectivity index (χ2v) is 5.60. The maximum Gasteiger partial charge on any atom is 0.278 e. The van der Waals surface area contributed by atoms with E-state index >= 15 is 0 Å². The molecule has 4 nitrogen and oxygen atoms in total. The number of aromatic hydroxyl groups is 1. The third-order valence-electron chi connectivity index (χ3n) is 3.96. The highest BCUT2D eigenvalue weighted by atomic mass is 35.5. The van der Waals surface area contributed by atoms with Crippen molar-refractivity contribution in [2.45, 2.75) is 25.7 Å². The Morgan fingerprint density at radius 3 is 2.67 bits per heavy atom. The van der Waals surface area contributed by atoms with Gasteiger partial charge in [0.25, 0.3) is 5.69 Å². The minimum Gasteiger partial charge on any atom is -0.507 e. The number of nitrogens with zero attached hydrogens (tertiary/aromatic N) is 1. The van der Waals surface area contributed by atoms with Gasteiger partial charge in [-0.15, -0.1) is 0 Å². The predicted octanol–water partition coefficient (Wildman–Crippen LogP) is 4.50. The third-order valence-corrected chi connectivity index (χ3v) is 4.28. The molecule has 3 rings (SSSR count). The maximum absolute atomic E-state index is 11.2. The molecule has 2 aromatic carbocycles. The molecule has 5 heteroatoms. The SMILES string of the molecule is O=[N+]([O-])c1cccc(Cl)c1-c1ccc2c(c1O)CCCC2. The van der Waals surface area contributed by atoms with Gasteiger partial charge in [0.2, 0.25) is 0 Å². The molecule has 0 amide bonds. The van der Waals surface area contributed by atoms with Crippen LogP contribution in [-0.4, -0.2) is 10.0 Å². The zero-order valence-electron chi connectivity index (χ0n) is 11.3. The summed E-state index contributed by atoms with van der Waals surface area (Å²) in [6, 6.07) is 8.21. The highest BCUT2D eigenvalue weighted by Gasteiger charge is 2.24. The number of nitro benzene ring substituents is 1. The van der Waals surface area contributed by atoms with Crippen LogP contribution in [0.15, 0.2) is 30.3 Å². The molecule has 2 aromatic rings. The molecular weight excluding hydrogens is 290 g/mol. The second kappa shape index (κ2) is 5.37. The number of benzene rings is 2. The van der Waals surface area contributed by atoms with Crippen molar-refractivity contribution in [1.82, 2.24) is 0 Å². The van der Waals surface area contributed by atoms with E-state index in [1.165, 1.54) is 6.07 Å². The average molecular weight is 304 g/mol. The summed E-state index contributed by atoms with van der Waals surface area (Å²) in [5, 5.41) is 22.0. The van der Waals surface area contributed by atoms with E-state index in [2.05, 4.69) is 0 Å². The molecule has 0 saturated carbocycles. The monoisotopic (exact) mass is 303 g/mol. The third kappa shape index (κ3) is 2.36. The van der Waals surface area contributed by atoms with Gasteiger partial charge in [0.05, 0.1) is 15.5 Å².